The van der Waals surface area contributed by atoms with Crippen LogP contribution in [-0.4, -0.2) is 37.0 Å². The number of hydrogen-bond donors (Lipinski definition) is 1. The Bertz CT molecular complexity index is 475. The molecule has 0 amide bonds. The number of halogens is 1. The molecule has 110 valence electrons. The van der Waals surface area contributed by atoms with Gasteiger partial charge in [0, 0.05) is 30.6 Å². The van der Waals surface area contributed by atoms with E-state index >= 15 is 0 Å². The summed E-state index contributed by atoms with van der Waals surface area (Å²) in [4.78, 5) is 2.20. The Morgan fingerprint density at radius 1 is 1.25 bits per heavy atom. The quantitative estimate of drug-likeness (QED) is 0.914. The Morgan fingerprint density at radius 2 is 2.00 bits per heavy atom. The molecule has 2 N–H and O–H groups in total. The SMILES string of the molecule is NCc1cccc(CN2CCCC3(C2)OCCO3)c1F. The van der Waals surface area contributed by atoms with Crippen LogP contribution in [0.3, 0.4) is 0 Å². The predicted octanol–water partition coefficient (Wildman–Crippen LogP) is 1.62. The van der Waals surface area contributed by atoms with Gasteiger partial charge in [-0.15, -0.1) is 0 Å². The van der Waals surface area contributed by atoms with E-state index in [2.05, 4.69) is 4.90 Å². The average molecular weight is 280 g/mol. The van der Waals surface area contributed by atoms with Gasteiger partial charge in [0.15, 0.2) is 5.79 Å². The first kappa shape index (κ1) is 13.9. The summed E-state index contributed by atoms with van der Waals surface area (Å²) in [5, 5.41) is 0. The molecule has 3 rings (SSSR count). The summed E-state index contributed by atoms with van der Waals surface area (Å²) in [6.07, 6.45) is 1.94. The molecule has 2 fully saturated rings. The fourth-order valence-corrected chi connectivity index (χ4v) is 3.09. The number of likely N-dealkylation sites (tertiary alicyclic amines) is 1. The van der Waals surface area contributed by atoms with E-state index in [1.807, 2.05) is 12.1 Å². The maximum absolute atomic E-state index is 14.2. The van der Waals surface area contributed by atoms with Gasteiger partial charge in [0.25, 0.3) is 0 Å². The van der Waals surface area contributed by atoms with E-state index in [1.54, 1.807) is 6.07 Å². The molecule has 2 saturated heterocycles. The number of nitrogens with zero attached hydrogens (tertiary/aromatic N) is 1. The van der Waals surface area contributed by atoms with E-state index in [0.717, 1.165) is 19.4 Å². The lowest BCUT2D eigenvalue weighted by molar-refractivity contribution is -0.190. The zero-order valence-electron chi connectivity index (χ0n) is 11.6. The molecular formula is C15H21FN2O2. The van der Waals surface area contributed by atoms with Crippen LogP contribution in [0.4, 0.5) is 4.39 Å². The Morgan fingerprint density at radius 3 is 2.75 bits per heavy atom. The van der Waals surface area contributed by atoms with Crippen LogP contribution >= 0.6 is 0 Å². The smallest absolute Gasteiger partial charge is 0.181 e. The zero-order valence-corrected chi connectivity index (χ0v) is 11.6. The minimum Gasteiger partial charge on any atom is -0.346 e. The summed E-state index contributed by atoms with van der Waals surface area (Å²) >= 11 is 0. The largest absolute Gasteiger partial charge is 0.346 e. The van der Waals surface area contributed by atoms with Crippen molar-refractivity contribution in [1.82, 2.24) is 4.90 Å². The molecule has 0 saturated carbocycles. The summed E-state index contributed by atoms with van der Waals surface area (Å²) in [5.41, 5.74) is 6.82. The molecule has 20 heavy (non-hydrogen) atoms. The Kier molecular flexibility index (Phi) is 4.03. The summed E-state index contributed by atoms with van der Waals surface area (Å²) in [7, 11) is 0. The van der Waals surface area contributed by atoms with Crippen LogP contribution < -0.4 is 5.73 Å². The first-order valence-corrected chi connectivity index (χ1v) is 7.19. The van der Waals surface area contributed by atoms with Gasteiger partial charge in [-0.3, -0.25) is 4.90 Å². The minimum absolute atomic E-state index is 0.178. The fraction of sp³-hybridized carbons (Fsp3) is 0.600. The van der Waals surface area contributed by atoms with Crippen molar-refractivity contribution >= 4 is 0 Å². The summed E-state index contributed by atoms with van der Waals surface area (Å²) in [6.45, 7) is 3.78. The van der Waals surface area contributed by atoms with Crippen molar-refractivity contribution in [3.63, 3.8) is 0 Å². The molecule has 2 aliphatic rings. The number of benzene rings is 1. The first-order chi connectivity index (χ1) is 9.72. The van der Waals surface area contributed by atoms with Crippen LogP contribution in [0.25, 0.3) is 0 Å². The van der Waals surface area contributed by atoms with Crippen molar-refractivity contribution in [2.75, 3.05) is 26.3 Å². The van der Waals surface area contributed by atoms with Crippen LogP contribution in [0.2, 0.25) is 0 Å². The third-order valence-electron chi connectivity index (χ3n) is 4.08. The molecule has 1 spiro atoms. The van der Waals surface area contributed by atoms with E-state index in [1.165, 1.54) is 0 Å². The van der Waals surface area contributed by atoms with Crippen LogP contribution in [0, 0.1) is 5.82 Å². The van der Waals surface area contributed by atoms with Gasteiger partial charge in [0.05, 0.1) is 19.8 Å². The van der Waals surface area contributed by atoms with E-state index in [-0.39, 0.29) is 12.4 Å². The first-order valence-electron chi connectivity index (χ1n) is 7.19. The lowest BCUT2D eigenvalue weighted by atomic mass is 10.0. The second kappa shape index (κ2) is 5.77. The average Bonchev–Trinajstić information content (AvgIpc) is 2.89. The molecular weight excluding hydrogens is 259 g/mol. The molecule has 1 aromatic rings. The summed E-state index contributed by atoms with van der Waals surface area (Å²) in [6, 6.07) is 5.43. The summed E-state index contributed by atoms with van der Waals surface area (Å²) < 4.78 is 25.7. The number of piperidine rings is 1. The number of hydrogen-bond acceptors (Lipinski definition) is 4. The fourth-order valence-electron chi connectivity index (χ4n) is 3.09. The second-order valence-electron chi connectivity index (χ2n) is 5.52. The summed E-state index contributed by atoms with van der Waals surface area (Å²) in [5.74, 6) is -0.636. The molecule has 5 heteroatoms. The Labute approximate surface area is 118 Å². The van der Waals surface area contributed by atoms with Crippen molar-refractivity contribution in [2.24, 2.45) is 5.73 Å². The molecule has 0 atom stereocenters. The van der Waals surface area contributed by atoms with Gasteiger partial charge in [-0.25, -0.2) is 4.39 Å². The molecule has 0 unspecified atom stereocenters. The van der Waals surface area contributed by atoms with Gasteiger partial charge >= 0.3 is 0 Å². The molecule has 0 bridgehead atoms. The third kappa shape index (κ3) is 2.72. The monoisotopic (exact) mass is 280 g/mol. The lowest BCUT2D eigenvalue weighted by Gasteiger charge is -2.38. The van der Waals surface area contributed by atoms with Crippen molar-refractivity contribution in [1.29, 1.82) is 0 Å². The zero-order chi connectivity index (χ0) is 14.0. The molecule has 0 aromatic heterocycles. The number of nitrogens with two attached hydrogens (primary N) is 1. The Balaban J connectivity index is 1.71. The van der Waals surface area contributed by atoms with Crippen molar-refractivity contribution in [3.05, 3.63) is 35.1 Å². The van der Waals surface area contributed by atoms with Gasteiger partial charge in [-0.1, -0.05) is 18.2 Å². The maximum Gasteiger partial charge on any atom is 0.181 e. The molecule has 2 heterocycles. The van der Waals surface area contributed by atoms with Crippen LogP contribution in [0.5, 0.6) is 0 Å². The van der Waals surface area contributed by atoms with E-state index in [9.17, 15) is 4.39 Å². The highest BCUT2D eigenvalue weighted by atomic mass is 19.1. The molecule has 0 radical (unpaired) electrons. The normalized spacial score (nSPS) is 22.5. The molecule has 2 aliphatic heterocycles. The topological polar surface area (TPSA) is 47.7 Å². The van der Waals surface area contributed by atoms with Gasteiger partial charge in [0.1, 0.15) is 5.82 Å². The highest BCUT2D eigenvalue weighted by Gasteiger charge is 2.40. The lowest BCUT2D eigenvalue weighted by Crippen LogP contribution is -2.48. The molecule has 1 aromatic carbocycles. The van der Waals surface area contributed by atoms with E-state index in [0.29, 0.717) is 37.4 Å². The maximum atomic E-state index is 14.2. The van der Waals surface area contributed by atoms with E-state index < -0.39 is 5.79 Å². The predicted molar refractivity (Wildman–Crippen MR) is 73.4 cm³/mol. The van der Waals surface area contributed by atoms with Crippen molar-refractivity contribution in [2.45, 2.75) is 31.7 Å². The molecule has 0 aliphatic carbocycles. The van der Waals surface area contributed by atoms with Crippen LogP contribution in [0.1, 0.15) is 24.0 Å². The number of ether oxygens (including phenoxy) is 2. The van der Waals surface area contributed by atoms with Crippen LogP contribution in [0.15, 0.2) is 18.2 Å². The van der Waals surface area contributed by atoms with E-state index in [4.69, 9.17) is 15.2 Å². The van der Waals surface area contributed by atoms with Gasteiger partial charge in [-0.2, -0.15) is 0 Å². The number of rotatable bonds is 3. The van der Waals surface area contributed by atoms with Crippen molar-refractivity contribution < 1.29 is 13.9 Å². The van der Waals surface area contributed by atoms with Crippen LogP contribution in [-0.2, 0) is 22.6 Å². The van der Waals surface area contributed by atoms with Gasteiger partial charge in [-0.05, 0) is 13.0 Å². The Hall–Kier alpha value is -1.01. The third-order valence-corrected chi connectivity index (χ3v) is 4.08. The van der Waals surface area contributed by atoms with Gasteiger partial charge < -0.3 is 15.2 Å². The minimum atomic E-state index is -0.458. The molecule has 4 nitrogen and oxygen atoms in total. The highest BCUT2D eigenvalue weighted by molar-refractivity contribution is 5.26. The van der Waals surface area contributed by atoms with Crippen molar-refractivity contribution in [3.8, 4) is 0 Å². The second-order valence-corrected chi connectivity index (χ2v) is 5.52. The standard InChI is InChI=1S/C15H21FN2O2/c16-14-12(9-17)3-1-4-13(14)10-18-6-2-5-15(11-18)19-7-8-20-15/h1,3-4H,2,5-11,17H2. The highest BCUT2D eigenvalue weighted by Crippen LogP contribution is 2.31. The van der Waals surface area contributed by atoms with Gasteiger partial charge in [0.2, 0.25) is 0 Å².